The number of carboxylic acid groups (broad SMARTS) is 1. The Morgan fingerprint density at radius 2 is 2.00 bits per heavy atom. The van der Waals surface area contributed by atoms with Crippen molar-refractivity contribution < 1.29 is 19.2 Å². The molecule has 5 aromatic rings. The van der Waals surface area contributed by atoms with E-state index in [-0.39, 0.29) is 5.56 Å². The summed E-state index contributed by atoms with van der Waals surface area (Å²) in [6, 6.07) is 19.7. The van der Waals surface area contributed by atoms with E-state index in [2.05, 4.69) is 41.2 Å². The second-order valence-electron chi connectivity index (χ2n) is 10.3. The van der Waals surface area contributed by atoms with Crippen LogP contribution in [-0.4, -0.2) is 27.8 Å². The lowest BCUT2D eigenvalue weighted by Gasteiger charge is -2.28. The van der Waals surface area contributed by atoms with Crippen LogP contribution in [0.4, 0.5) is 5.13 Å². The molecule has 2 aromatic heterocycles. The van der Waals surface area contributed by atoms with E-state index in [0.717, 1.165) is 76.0 Å². The van der Waals surface area contributed by atoms with Crippen molar-refractivity contribution in [2.75, 3.05) is 11.4 Å². The molecule has 1 N–H and O–H groups in total. The molecule has 3 heterocycles. The van der Waals surface area contributed by atoms with Crippen LogP contribution in [0.15, 0.2) is 65.2 Å². The summed E-state index contributed by atoms with van der Waals surface area (Å²) >= 11 is 1.54. The van der Waals surface area contributed by atoms with E-state index >= 15 is 0 Å². The minimum Gasteiger partial charge on any atom is -0.489 e. The van der Waals surface area contributed by atoms with Crippen molar-refractivity contribution in [3.8, 4) is 17.0 Å². The number of nitrogens with zero attached hydrogens (tertiary/aromatic N) is 3. The van der Waals surface area contributed by atoms with Crippen LogP contribution in [0.3, 0.4) is 0 Å². The third-order valence-electron chi connectivity index (χ3n) is 7.63. The van der Waals surface area contributed by atoms with Gasteiger partial charge in [-0.2, -0.15) is 0 Å². The molecule has 0 bridgehead atoms. The third kappa shape index (κ3) is 4.55. The Morgan fingerprint density at radius 3 is 2.82 bits per heavy atom. The average molecular weight is 538 g/mol. The lowest BCUT2D eigenvalue weighted by Crippen LogP contribution is -2.30. The minimum absolute atomic E-state index is 0.288. The van der Waals surface area contributed by atoms with Gasteiger partial charge in [0.05, 0.1) is 21.3 Å². The maximum atomic E-state index is 11.3. The number of aromatic carboxylic acids is 1. The summed E-state index contributed by atoms with van der Waals surface area (Å²) in [5.41, 5.74) is 7.85. The third-order valence-corrected chi connectivity index (χ3v) is 8.71. The first kappa shape index (κ1) is 23.9. The molecular formula is C31H27N3O4S. The molecule has 0 spiro atoms. The Bertz CT molecular complexity index is 1720. The summed E-state index contributed by atoms with van der Waals surface area (Å²) in [5.74, 6) is 1.34. The Hall–Kier alpha value is -4.17. The zero-order valence-corrected chi connectivity index (χ0v) is 22.3. The molecule has 7 nitrogen and oxygen atoms in total. The first-order chi connectivity index (χ1) is 19.0. The highest BCUT2D eigenvalue weighted by atomic mass is 32.1. The molecule has 1 saturated carbocycles. The van der Waals surface area contributed by atoms with Crippen LogP contribution in [0.1, 0.15) is 57.1 Å². The molecule has 0 unspecified atom stereocenters. The van der Waals surface area contributed by atoms with E-state index in [1.807, 2.05) is 18.2 Å². The van der Waals surface area contributed by atoms with Gasteiger partial charge in [-0.25, -0.2) is 9.78 Å². The number of anilines is 1. The highest BCUT2D eigenvalue weighted by molar-refractivity contribution is 7.22. The largest absolute Gasteiger partial charge is 0.489 e. The van der Waals surface area contributed by atoms with Crippen molar-refractivity contribution >= 4 is 32.7 Å². The maximum Gasteiger partial charge on any atom is 0.335 e. The number of rotatable bonds is 7. The monoisotopic (exact) mass is 537 g/mol. The summed E-state index contributed by atoms with van der Waals surface area (Å²) in [5, 5.41) is 14.7. The summed E-state index contributed by atoms with van der Waals surface area (Å²) in [6.07, 6.45) is 3.16. The average Bonchev–Trinajstić information content (AvgIpc) is 3.56. The normalized spacial score (nSPS) is 14.9. The first-order valence-electron chi connectivity index (χ1n) is 13.2. The number of carbonyl (C=O) groups is 1. The number of aryl methyl sites for hydroxylation is 1. The number of hydrogen-bond donors (Lipinski definition) is 1. The smallest absolute Gasteiger partial charge is 0.335 e. The van der Waals surface area contributed by atoms with Crippen molar-refractivity contribution in [1.29, 1.82) is 0 Å². The molecule has 1 aliphatic heterocycles. The zero-order valence-electron chi connectivity index (χ0n) is 21.5. The summed E-state index contributed by atoms with van der Waals surface area (Å²) in [6.45, 7) is 4.13. The van der Waals surface area contributed by atoms with E-state index in [1.54, 1.807) is 29.5 Å². The lowest BCUT2D eigenvalue weighted by molar-refractivity contribution is 0.0697. The number of carboxylic acids is 1. The Kier molecular flexibility index (Phi) is 5.85. The van der Waals surface area contributed by atoms with E-state index in [9.17, 15) is 9.90 Å². The van der Waals surface area contributed by atoms with E-state index < -0.39 is 5.97 Å². The molecule has 0 saturated heterocycles. The highest BCUT2D eigenvalue weighted by Gasteiger charge is 2.33. The number of hydrogen-bond acceptors (Lipinski definition) is 7. The van der Waals surface area contributed by atoms with Crippen molar-refractivity contribution in [2.24, 2.45) is 0 Å². The first-order valence-corrected chi connectivity index (χ1v) is 14.0. The van der Waals surface area contributed by atoms with Gasteiger partial charge in [-0.3, -0.25) is 0 Å². The van der Waals surface area contributed by atoms with Gasteiger partial charge >= 0.3 is 5.97 Å². The van der Waals surface area contributed by atoms with Crippen LogP contribution in [-0.2, 0) is 19.6 Å². The van der Waals surface area contributed by atoms with Gasteiger partial charge in [-0.1, -0.05) is 46.8 Å². The quantitative estimate of drug-likeness (QED) is 0.240. The Morgan fingerprint density at radius 1 is 1.13 bits per heavy atom. The number of ether oxygens (including phenoxy) is 1. The standard InChI is InChI=1S/C31H27N3O4S/c1-18-4-2-3-5-24(18)28-25(29(38-33-28)19-6-7-19)17-37-23-10-8-22-16-34(13-12-20(22)14-23)31-32-26-11-9-21(30(35)36)15-27(26)39-31/h2-5,8-11,14-15,19H,6-7,12-13,16-17H2,1H3,(H,35,36). The number of aromatic nitrogens is 2. The lowest BCUT2D eigenvalue weighted by atomic mass is 9.99. The summed E-state index contributed by atoms with van der Waals surface area (Å²) < 4.78 is 13.1. The predicted octanol–water partition coefficient (Wildman–Crippen LogP) is 6.98. The van der Waals surface area contributed by atoms with E-state index in [1.165, 1.54) is 16.7 Å². The van der Waals surface area contributed by atoms with Crippen LogP contribution in [0, 0.1) is 6.92 Å². The van der Waals surface area contributed by atoms with Crippen LogP contribution >= 0.6 is 11.3 Å². The molecule has 39 heavy (non-hydrogen) atoms. The molecule has 1 aliphatic carbocycles. The molecule has 8 heteroatoms. The fourth-order valence-electron chi connectivity index (χ4n) is 5.30. The van der Waals surface area contributed by atoms with Crippen molar-refractivity contribution in [3.63, 3.8) is 0 Å². The van der Waals surface area contributed by atoms with E-state index in [4.69, 9.17) is 14.2 Å². The predicted molar refractivity (Wildman–Crippen MR) is 151 cm³/mol. The fourth-order valence-corrected chi connectivity index (χ4v) is 6.33. The SMILES string of the molecule is Cc1ccccc1-c1noc(C2CC2)c1COc1ccc2c(c1)CCN(c1nc3ccc(C(=O)O)cc3s1)C2. The Labute approximate surface area is 229 Å². The van der Waals surface area contributed by atoms with Gasteiger partial charge in [0.15, 0.2) is 5.13 Å². The second-order valence-corrected chi connectivity index (χ2v) is 11.3. The molecule has 1 fully saturated rings. The number of thiazole rings is 1. The van der Waals surface area contributed by atoms with Crippen LogP contribution in [0.2, 0.25) is 0 Å². The molecular weight excluding hydrogens is 510 g/mol. The summed E-state index contributed by atoms with van der Waals surface area (Å²) in [4.78, 5) is 18.4. The van der Waals surface area contributed by atoms with Gasteiger partial charge < -0.3 is 19.3 Å². The van der Waals surface area contributed by atoms with Gasteiger partial charge in [0.25, 0.3) is 0 Å². The van der Waals surface area contributed by atoms with Crippen molar-refractivity contribution in [3.05, 3.63) is 94.2 Å². The van der Waals surface area contributed by atoms with Gasteiger partial charge in [0.1, 0.15) is 23.8 Å². The van der Waals surface area contributed by atoms with E-state index in [0.29, 0.717) is 12.5 Å². The number of benzene rings is 3. The van der Waals surface area contributed by atoms with Crippen LogP contribution in [0.25, 0.3) is 21.5 Å². The van der Waals surface area contributed by atoms with Gasteiger partial charge in [0, 0.05) is 24.6 Å². The maximum absolute atomic E-state index is 11.3. The van der Waals surface area contributed by atoms with Crippen LogP contribution < -0.4 is 9.64 Å². The number of fused-ring (bicyclic) bond motifs is 2. The fraction of sp³-hybridized carbons (Fsp3) is 0.258. The molecule has 196 valence electrons. The van der Waals surface area contributed by atoms with Gasteiger partial charge in [-0.05, 0) is 73.2 Å². The molecule has 0 amide bonds. The minimum atomic E-state index is -0.920. The molecule has 0 atom stereocenters. The molecule has 7 rings (SSSR count). The Balaban J connectivity index is 1.09. The summed E-state index contributed by atoms with van der Waals surface area (Å²) in [7, 11) is 0. The van der Waals surface area contributed by atoms with Crippen molar-refractivity contribution in [2.45, 2.75) is 45.3 Å². The van der Waals surface area contributed by atoms with Crippen LogP contribution in [0.5, 0.6) is 5.75 Å². The van der Waals surface area contributed by atoms with Gasteiger partial charge in [0.2, 0.25) is 0 Å². The molecule has 0 radical (unpaired) electrons. The second kappa shape index (κ2) is 9.54. The topological polar surface area (TPSA) is 88.7 Å². The molecule has 3 aromatic carbocycles. The zero-order chi connectivity index (χ0) is 26.5. The van der Waals surface area contributed by atoms with Gasteiger partial charge in [-0.15, -0.1) is 0 Å². The highest BCUT2D eigenvalue weighted by Crippen LogP contribution is 2.44. The molecule has 2 aliphatic rings. The van der Waals surface area contributed by atoms with Crippen molar-refractivity contribution in [1.82, 2.24) is 10.1 Å².